The number of nitriles is 2. The molecule has 12 heterocycles. The van der Waals surface area contributed by atoms with E-state index in [1.165, 1.54) is 90.3 Å². The van der Waals surface area contributed by atoms with Crippen molar-refractivity contribution in [2.75, 3.05) is 42.3 Å². The summed E-state index contributed by atoms with van der Waals surface area (Å²) in [7, 11) is 11.6. The lowest BCUT2D eigenvalue weighted by Crippen LogP contribution is -2.52. The summed E-state index contributed by atoms with van der Waals surface area (Å²) in [4.78, 5) is 127. The van der Waals surface area contributed by atoms with Crippen LogP contribution in [0.2, 0.25) is 0 Å². The molecule has 0 saturated heterocycles. The third kappa shape index (κ3) is 21.3. The molecule has 1 unspecified atom stereocenters. The molecule has 7 aromatic carbocycles. The molecule has 0 bridgehead atoms. The monoisotopic (exact) mass is 2030 g/mol. The Morgan fingerprint density at radius 2 is 0.838 bits per heavy atom. The Morgan fingerprint density at radius 3 is 1.30 bits per heavy atom. The number of thiazole rings is 1. The number of fused-ring (bicyclic) bond motifs is 1. The number of likely N-dealkylation sites (N-methyl/N-ethyl adjacent to an activating group) is 4. The molecule has 0 spiro atoms. The largest absolute Gasteiger partial charge is 0.497 e. The Morgan fingerprint density at radius 1 is 0.405 bits per heavy atom. The number of rotatable bonds is 14. The minimum absolute atomic E-state index is 0.00656. The molecule has 19 rings (SSSR count). The van der Waals surface area contributed by atoms with Crippen LogP contribution in [0.4, 0.5) is 13.2 Å². The van der Waals surface area contributed by atoms with Gasteiger partial charge >= 0.3 is 6.18 Å². The van der Waals surface area contributed by atoms with Gasteiger partial charge in [-0.1, -0.05) is 163 Å². The van der Waals surface area contributed by atoms with E-state index in [1.807, 2.05) is 178 Å². The highest BCUT2D eigenvalue weighted by atomic mass is 32.1. The Hall–Kier alpha value is -16.9. The number of thiophene rings is 1. The number of pyridine rings is 2. The summed E-state index contributed by atoms with van der Waals surface area (Å²) >= 11 is 2.75. The van der Waals surface area contributed by atoms with E-state index in [-0.39, 0.29) is 70.0 Å². The summed E-state index contributed by atoms with van der Waals surface area (Å²) in [5.41, 5.74) is 41.1. The van der Waals surface area contributed by atoms with Gasteiger partial charge in [-0.3, -0.25) is 63.1 Å². The number of ether oxygens (including phenoxy) is 1. The van der Waals surface area contributed by atoms with Gasteiger partial charge in [-0.25, -0.2) is 49.9 Å². The van der Waals surface area contributed by atoms with E-state index in [0.717, 1.165) is 100 Å². The van der Waals surface area contributed by atoms with Crippen LogP contribution in [0.5, 0.6) is 5.75 Å². The number of alkyl halides is 3. The molecule has 5 aliphatic heterocycles. The van der Waals surface area contributed by atoms with Crippen LogP contribution in [0.3, 0.4) is 0 Å². The van der Waals surface area contributed by atoms with E-state index in [0.29, 0.717) is 33.2 Å². The molecule has 7 aromatic heterocycles. The van der Waals surface area contributed by atoms with Gasteiger partial charge in [0.25, 0.3) is 0 Å². The van der Waals surface area contributed by atoms with Crippen molar-refractivity contribution in [3.63, 3.8) is 0 Å². The number of aliphatic imine (C=N–C) groups is 5. The lowest BCUT2D eigenvalue weighted by atomic mass is 9.73. The summed E-state index contributed by atoms with van der Waals surface area (Å²) in [5.74, 6) is -1.76. The van der Waals surface area contributed by atoms with Gasteiger partial charge in [0.2, 0.25) is 29.5 Å². The SMILES string of the molecule is CN1C(=O)C[C@@](C)(c2ccc3cnn(C)c3c2)N=C1N.CN1C(=O)[C@@H](c2ccc(C(C)(C)C)cc2)[C@@](C)(c2cccc(-c3cncnc3)c2)N=C1N.CN1C(=O)[C@@H](c2ccc(C(F)(F)F)cn2)[C@@](C)(c2cc(-c3cccc(C#N)c3)cs2)N=C1N.CN1C(=O)[C@H](c2ccc(C(C)(C)C)cc2)[C@@](C)(c2cccc(-c3cncnc3)c2)N=C1N.COc1ccc(C2C(=O)N(C)C(N)=N[C@]2(C)c2cnc(-c3cncc(C#N)c3)s2)cc1. The molecule has 756 valence electrons. The number of aromatic nitrogens is 9. The molecule has 5 amide bonds. The number of hydrogen-bond acceptors (Lipinski definition) is 28. The second kappa shape index (κ2) is 41.7. The number of carbonyl (C=O) groups excluding carboxylic acids is 5. The zero-order chi connectivity index (χ0) is 107. The lowest BCUT2D eigenvalue weighted by Gasteiger charge is -2.41. The van der Waals surface area contributed by atoms with Crippen LogP contribution in [0.15, 0.2) is 287 Å². The lowest BCUT2D eigenvalue weighted by molar-refractivity contribution is -0.138. The zero-order valence-electron chi connectivity index (χ0n) is 85.0. The molecular weight excluding hydrogens is 1910 g/mol. The summed E-state index contributed by atoms with van der Waals surface area (Å²) in [6.07, 6.45) is 13.3. The van der Waals surface area contributed by atoms with Gasteiger partial charge in [0.05, 0.1) is 81.9 Å². The van der Waals surface area contributed by atoms with Crippen molar-refractivity contribution in [2.45, 2.75) is 151 Å². The van der Waals surface area contributed by atoms with Crippen molar-refractivity contribution in [1.82, 2.24) is 69.2 Å². The van der Waals surface area contributed by atoms with Crippen molar-refractivity contribution in [1.29, 1.82) is 10.5 Å². The highest BCUT2D eigenvalue weighted by molar-refractivity contribution is 7.15. The van der Waals surface area contributed by atoms with Crippen LogP contribution in [0.25, 0.3) is 54.9 Å². The van der Waals surface area contributed by atoms with E-state index in [1.54, 1.807) is 104 Å². The molecule has 0 fully saturated rings. The molecule has 32 nitrogen and oxygen atoms in total. The van der Waals surface area contributed by atoms with E-state index >= 15 is 0 Å². The van der Waals surface area contributed by atoms with Crippen molar-refractivity contribution in [3.05, 3.63) is 339 Å². The number of halogens is 3. The van der Waals surface area contributed by atoms with Crippen LogP contribution in [0.1, 0.15) is 183 Å². The maximum Gasteiger partial charge on any atom is 0.417 e. The molecule has 10 N–H and O–H groups in total. The fourth-order valence-corrected chi connectivity index (χ4v) is 20.6. The van der Waals surface area contributed by atoms with Gasteiger partial charge in [-0.15, -0.1) is 22.7 Å². The molecule has 0 radical (unpaired) electrons. The Balaban J connectivity index is 0.000000140. The molecular formula is C111H113F3N26O6S2. The number of nitrogens with zero attached hydrogens (tertiary/aromatic N) is 21. The van der Waals surface area contributed by atoms with Gasteiger partial charge in [0.15, 0.2) is 29.8 Å². The summed E-state index contributed by atoms with van der Waals surface area (Å²) in [6.45, 7) is 22.6. The summed E-state index contributed by atoms with van der Waals surface area (Å²) in [6, 6.07) is 63.0. The number of guanidine groups is 5. The second-order valence-electron chi connectivity index (χ2n) is 39.6. The third-order valence-electron chi connectivity index (χ3n) is 27.6. The standard InChI is InChI=1S/2C26H29N5O.C23H18F3N5OS.C22H20N6O2S.C14H17N5O/c2*1-25(2,3)20-11-9-17(10-12-20)22-23(32)31(5)24(27)30-26(22,4)21-8-6-7-18(13-21)19-14-28-16-29-15-19;1-22(18-9-15(12-33-18)14-5-3-4-13(8-14)10-27)19(20(32)31(2)21(28)30-22)17-7-6-16(11-29-17)23(24,25)26;1-22(17-12-26-19(31-17)15-8-13(9-23)10-25-11-15)18(20(29)28(2)21(24)27-22)14-4-6-16(30-3)7-5-14;1-14(7-12(20)18(2)13(15)17-14)10-5-4-9-8-16-19(3)11(9)6-10/h2*6-16,22H,1-5H3,(H2,27,30);3-9,11-12,19H,1-2H3,(H2,28,30);4-8,10-12,18H,1-3H3,(H2,24,27);4-6,8H,7H2,1-3H3,(H2,15,17)/t22-,26+;22-,26-;19-,22-;18?,22-;14-/m01110/s1. The average Bonchev–Trinajstić information content (AvgIpc) is 1.64. The van der Waals surface area contributed by atoms with Gasteiger partial charge in [-0.2, -0.15) is 28.8 Å². The van der Waals surface area contributed by atoms with Crippen LogP contribution >= 0.6 is 22.7 Å². The first-order valence-electron chi connectivity index (χ1n) is 47.1. The second-order valence-corrected chi connectivity index (χ2v) is 41.5. The fraction of sp³-hybridized carbons (Fsp3) is 0.279. The highest BCUT2D eigenvalue weighted by Gasteiger charge is 2.53. The Bertz CT molecular complexity index is 7450. The quantitative estimate of drug-likeness (QED) is 0.0675. The van der Waals surface area contributed by atoms with Crippen molar-refractivity contribution < 1.29 is 41.9 Å². The number of amides is 5. The fourth-order valence-electron chi connectivity index (χ4n) is 18.5. The first-order chi connectivity index (χ1) is 70.0. The highest BCUT2D eigenvalue weighted by Crippen LogP contribution is 2.52. The average molecular weight is 2030 g/mol. The van der Waals surface area contributed by atoms with E-state index in [9.17, 15) is 42.4 Å². The minimum Gasteiger partial charge on any atom is -0.497 e. The maximum absolute atomic E-state index is 13.5. The normalized spacial score (nSPS) is 21.4. The smallest absolute Gasteiger partial charge is 0.417 e. The number of hydrogen-bond donors (Lipinski definition) is 5. The summed E-state index contributed by atoms with van der Waals surface area (Å²) in [5, 5.41) is 26.2. The number of methoxy groups -OCH3 is 1. The Kier molecular flexibility index (Phi) is 29.7. The van der Waals surface area contributed by atoms with Gasteiger partial charge in [-0.05, 0) is 184 Å². The van der Waals surface area contributed by atoms with Crippen LogP contribution in [-0.2, 0) is 75.7 Å². The van der Waals surface area contributed by atoms with Crippen molar-refractivity contribution >= 4 is 92.9 Å². The van der Waals surface area contributed by atoms with Crippen LogP contribution in [0, 0.1) is 22.7 Å². The van der Waals surface area contributed by atoms with Crippen LogP contribution < -0.4 is 33.4 Å². The number of benzene rings is 7. The summed E-state index contributed by atoms with van der Waals surface area (Å²) < 4.78 is 46.1. The predicted octanol–water partition coefficient (Wildman–Crippen LogP) is 16.8. The molecule has 5 aliphatic rings. The topological polar surface area (TPSA) is 458 Å². The van der Waals surface area contributed by atoms with Gasteiger partial charge in [0.1, 0.15) is 57.6 Å². The zero-order valence-corrected chi connectivity index (χ0v) is 86.7. The molecule has 9 atom stereocenters. The molecule has 37 heteroatoms. The van der Waals surface area contributed by atoms with Crippen molar-refractivity contribution in [3.8, 4) is 61.8 Å². The third-order valence-corrected chi connectivity index (χ3v) is 30.0. The number of aryl methyl sites for hydroxylation is 1. The van der Waals surface area contributed by atoms with Crippen LogP contribution in [-0.4, -0.2) is 171 Å². The van der Waals surface area contributed by atoms with E-state index in [4.69, 9.17) is 53.6 Å². The van der Waals surface area contributed by atoms with E-state index in [2.05, 4.69) is 128 Å². The van der Waals surface area contributed by atoms with Gasteiger partial charge < -0.3 is 33.4 Å². The molecule has 14 aromatic rings. The van der Waals surface area contributed by atoms with Gasteiger partial charge in [0, 0.05) is 119 Å². The maximum atomic E-state index is 13.5. The van der Waals surface area contributed by atoms with Crippen molar-refractivity contribution in [2.24, 2.45) is 60.7 Å². The number of carbonyl (C=O) groups is 5. The molecule has 0 aliphatic carbocycles. The Labute approximate surface area is 863 Å². The first-order valence-corrected chi connectivity index (χ1v) is 48.8. The number of nitrogens with two attached hydrogens (primary N) is 5. The molecule has 148 heavy (non-hydrogen) atoms. The first kappa shape index (κ1) is 105. The minimum atomic E-state index is -4.54. The predicted molar refractivity (Wildman–Crippen MR) is 567 cm³/mol. The molecule has 0 saturated carbocycles. The van der Waals surface area contributed by atoms with E-state index < -0.39 is 69.0 Å².